The number of unbranched alkanes of at least 4 members (excludes halogenated alkanes) is 32. The van der Waals surface area contributed by atoms with Gasteiger partial charge >= 0.3 is 11.9 Å². The smallest absolute Gasteiger partial charge is 0.306 e. The first-order valence-electron chi connectivity index (χ1n) is 26.7. The fourth-order valence-electron chi connectivity index (χ4n) is 8.44. The molecule has 0 amide bonds. The van der Waals surface area contributed by atoms with E-state index < -0.39 is 71.2 Å². The minimum atomic E-state index is -4.60. The first-order valence-corrected chi connectivity index (χ1v) is 28.4. The van der Waals surface area contributed by atoms with E-state index in [9.17, 15) is 37.9 Å². The molecule has 384 valence electrons. The van der Waals surface area contributed by atoms with Gasteiger partial charge in [0, 0.05) is 12.8 Å². The molecular formula is C52H98O12S. The molecule has 13 heteroatoms. The standard InChI is InChI=1S/C52H98O12S/c1-3-5-7-9-11-13-15-17-19-21-23-25-27-29-31-33-35-37-39-41-48(54)63-45(43-62-52-51(57)50(56)49(55)46(64-52)44-65(58,59)60)42-61-47(53)40-38-36-34-32-30-28-26-24-22-20-18-16-14-12-10-8-6-4-2/h17,19,45-46,49-52,55-57H,3-16,18,20-44H2,1-2H3,(H,58,59,60)/b19-17-. The Hall–Kier alpha value is -1.61. The number of esters is 2. The topological polar surface area (TPSA) is 186 Å². The zero-order chi connectivity index (χ0) is 47.6. The molecule has 4 N–H and O–H groups in total. The van der Waals surface area contributed by atoms with Crippen molar-refractivity contribution in [3.63, 3.8) is 0 Å². The van der Waals surface area contributed by atoms with E-state index in [1.54, 1.807) is 0 Å². The summed E-state index contributed by atoms with van der Waals surface area (Å²) in [7, 11) is -4.60. The van der Waals surface area contributed by atoms with Gasteiger partial charge in [0.15, 0.2) is 12.4 Å². The highest BCUT2D eigenvalue weighted by atomic mass is 32.2. The minimum absolute atomic E-state index is 0.167. The Morgan fingerprint density at radius 1 is 0.508 bits per heavy atom. The Morgan fingerprint density at radius 2 is 0.877 bits per heavy atom. The number of carbonyl (C=O) groups is 2. The van der Waals surface area contributed by atoms with E-state index in [0.29, 0.717) is 12.8 Å². The van der Waals surface area contributed by atoms with Gasteiger partial charge in [0.2, 0.25) is 0 Å². The summed E-state index contributed by atoms with van der Waals surface area (Å²) in [5, 5.41) is 31.0. The summed E-state index contributed by atoms with van der Waals surface area (Å²) in [5.41, 5.74) is 0. The number of hydrogen-bond donors (Lipinski definition) is 4. The highest BCUT2D eigenvalue weighted by Crippen LogP contribution is 2.24. The fraction of sp³-hybridized carbons (Fsp3) is 0.923. The molecule has 12 nitrogen and oxygen atoms in total. The van der Waals surface area contributed by atoms with Crippen molar-refractivity contribution in [3.8, 4) is 0 Å². The van der Waals surface area contributed by atoms with Crippen molar-refractivity contribution >= 4 is 22.1 Å². The highest BCUT2D eigenvalue weighted by Gasteiger charge is 2.46. The number of allylic oxidation sites excluding steroid dienone is 2. The average molecular weight is 947 g/mol. The molecule has 0 bridgehead atoms. The first-order chi connectivity index (χ1) is 31.5. The van der Waals surface area contributed by atoms with Crippen molar-refractivity contribution in [1.29, 1.82) is 0 Å². The molecule has 0 spiro atoms. The summed E-state index contributed by atoms with van der Waals surface area (Å²) in [4.78, 5) is 25.5. The van der Waals surface area contributed by atoms with Crippen molar-refractivity contribution in [3.05, 3.63) is 12.2 Å². The van der Waals surface area contributed by atoms with Crippen LogP contribution in [0.4, 0.5) is 0 Å². The van der Waals surface area contributed by atoms with Gasteiger partial charge in [-0.25, -0.2) is 0 Å². The number of carbonyl (C=O) groups excluding carboxylic acids is 2. The van der Waals surface area contributed by atoms with Crippen molar-refractivity contribution in [2.45, 2.75) is 288 Å². The molecule has 0 radical (unpaired) electrons. The maximum absolute atomic E-state index is 12.9. The lowest BCUT2D eigenvalue weighted by Crippen LogP contribution is -2.60. The summed E-state index contributed by atoms with van der Waals surface area (Å²) in [6.45, 7) is 3.80. The lowest BCUT2D eigenvalue weighted by Gasteiger charge is -2.40. The Balaban J connectivity index is 2.35. The molecule has 0 saturated carbocycles. The van der Waals surface area contributed by atoms with Crippen LogP contribution in [-0.2, 0) is 38.7 Å². The van der Waals surface area contributed by atoms with Gasteiger partial charge in [-0.2, -0.15) is 8.42 Å². The van der Waals surface area contributed by atoms with Crippen LogP contribution in [0.2, 0.25) is 0 Å². The average Bonchev–Trinajstić information content (AvgIpc) is 3.27. The highest BCUT2D eigenvalue weighted by molar-refractivity contribution is 7.85. The molecule has 1 rings (SSSR count). The monoisotopic (exact) mass is 947 g/mol. The lowest BCUT2D eigenvalue weighted by atomic mass is 10.00. The largest absolute Gasteiger partial charge is 0.462 e. The number of aliphatic hydroxyl groups excluding tert-OH is 3. The number of aliphatic hydroxyl groups is 3. The second-order valence-electron chi connectivity index (χ2n) is 18.9. The van der Waals surface area contributed by atoms with Crippen LogP contribution in [0, 0.1) is 0 Å². The third-order valence-corrected chi connectivity index (χ3v) is 13.3. The molecular weight excluding hydrogens is 849 g/mol. The van der Waals surface area contributed by atoms with E-state index in [0.717, 1.165) is 38.5 Å². The molecule has 1 aliphatic heterocycles. The zero-order valence-electron chi connectivity index (χ0n) is 41.4. The molecule has 0 aromatic heterocycles. The second-order valence-corrected chi connectivity index (χ2v) is 20.4. The van der Waals surface area contributed by atoms with Gasteiger partial charge in [-0.15, -0.1) is 0 Å². The molecule has 1 heterocycles. The van der Waals surface area contributed by atoms with Crippen LogP contribution in [0.15, 0.2) is 12.2 Å². The van der Waals surface area contributed by atoms with Gasteiger partial charge in [0.05, 0.1) is 6.61 Å². The molecule has 6 unspecified atom stereocenters. The molecule has 0 aromatic carbocycles. The van der Waals surface area contributed by atoms with E-state index >= 15 is 0 Å². The summed E-state index contributed by atoms with van der Waals surface area (Å²) in [6.07, 6.45) is 38.2. The summed E-state index contributed by atoms with van der Waals surface area (Å²) >= 11 is 0. The second kappa shape index (κ2) is 42.5. The number of ether oxygens (including phenoxy) is 4. The molecule has 65 heavy (non-hydrogen) atoms. The van der Waals surface area contributed by atoms with Gasteiger partial charge in [-0.1, -0.05) is 212 Å². The van der Waals surface area contributed by atoms with Crippen LogP contribution in [0.3, 0.4) is 0 Å². The predicted octanol–water partition coefficient (Wildman–Crippen LogP) is 12.2. The quantitative estimate of drug-likeness (QED) is 0.0196. The van der Waals surface area contributed by atoms with Crippen LogP contribution in [0.25, 0.3) is 0 Å². The van der Waals surface area contributed by atoms with E-state index in [2.05, 4.69) is 26.0 Å². The van der Waals surface area contributed by atoms with Crippen LogP contribution in [0.5, 0.6) is 0 Å². The Labute approximate surface area is 396 Å². The Bertz CT molecular complexity index is 1250. The predicted molar refractivity (Wildman–Crippen MR) is 261 cm³/mol. The maximum Gasteiger partial charge on any atom is 0.306 e. The van der Waals surface area contributed by atoms with Crippen LogP contribution in [0.1, 0.15) is 251 Å². The Kier molecular flexibility index (Phi) is 40.1. The van der Waals surface area contributed by atoms with Gasteiger partial charge in [-0.05, 0) is 38.5 Å². The van der Waals surface area contributed by atoms with E-state index in [1.807, 2.05) is 0 Å². The molecule has 0 aromatic rings. The molecule has 1 aliphatic rings. The van der Waals surface area contributed by atoms with E-state index in [-0.39, 0.29) is 19.4 Å². The van der Waals surface area contributed by atoms with E-state index in [4.69, 9.17) is 18.9 Å². The Morgan fingerprint density at radius 3 is 1.28 bits per heavy atom. The fourth-order valence-corrected chi connectivity index (χ4v) is 9.13. The van der Waals surface area contributed by atoms with E-state index in [1.165, 1.54) is 173 Å². The summed E-state index contributed by atoms with van der Waals surface area (Å²) in [6, 6.07) is 0. The SMILES string of the molecule is CCCCCCCC/C=C\CCCCCCCCCCCC(=O)OC(COC(=O)CCCCCCCCCCCCCCCCCCCC)COC1OC(CS(=O)(=O)O)C(O)C(O)C1O. The van der Waals surface area contributed by atoms with Gasteiger partial charge in [-0.3, -0.25) is 14.1 Å². The van der Waals surface area contributed by atoms with Crippen molar-refractivity contribution in [2.75, 3.05) is 19.0 Å². The van der Waals surface area contributed by atoms with Crippen molar-refractivity contribution < 1.29 is 56.8 Å². The third kappa shape index (κ3) is 37.0. The number of rotatable bonds is 46. The summed E-state index contributed by atoms with van der Waals surface area (Å²) < 4.78 is 54.3. The van der Waals surface area contributed by atoms with Gasteiger partial charge < -0.3 is 34.3 Å². The van der Waals surface area contributed by atoms with Gasteiger partial charge in [0.1, 0.15) is 36.8 Å². The summed E-state index contributed by atoms with van der Waals surface area (Å²) in [5.74, 6) is -1.97. The van der Waals surface area contributed by atoms with Crippen molar-refractivity contribution in [2.24, 2.45) is 0 Å². The van der Waals surface area contributed by atoms with Crippen molar-refractivity contribution in [1.82, 2.24) is 0 Å². The van der Waals surface area contributed by atoms with Crippen LogP contribution >= 0.6 is 0 Å². The molecule has 6 atom stereocenters. The van der Waals surface area contributed by atoms with Gasteiger partial charge in [0.25, 0.3) is 10.1 Å². The molecule has 1 fully saturated rings. The first kappa shape index (κ1) is 61.4. The third-order valence-electron chi connectivity index (χ3n) is 12.6. The zero-order valence-corrected chi connectivity index (χ0v) is 42.2. The molecule has 0 aliphatic carbocycles. The lowest BCUT2D eigenvalue weighted by molar-refractivity contribution is -0.297. The number of hydrogen-bond acceptors (Lipinski definition) is 11. The van der Waals surface area contributed by atoms with Crippen LogP contribution in [-0.4, -0.2) is 96.0 Å². The van der Waals surface area contributed by atoms with Crippen LogP contribution < -0.4 is 0 Å². The normalized spacial score (nSPS) is 19.5. The minimum Gasteiger partial charge on any atom is -0.462 e. The molecule has 1 saturated heterocycles. The maximum atomic E-state index is 12.9.